The average molecular weight is 197 g/mol. The minimum Gasteiger partial charge on any atom is -0.478 e. The largest absolute Gasteiger partial charge is 0.478 e. The molecule has 1 rings (SSSR count). The van der Waals surface area contributed by atoms with E-state index in [9.17, 15) is 4.79 Å². The average Bonchev–Trinajstić information content (AvgIpc) is 2.26. The van der Waals surface area contributed by atoms with Gasteiger partial charge in [-0.25, -0.2) is 4.79 Å². The molecule has 1 aromatic rings. The van der Waals surface area contributed by atoms with Crippen LogP contribution in [0.2, 0.25) is 0 Å². The number of aromatic carboxylic acids is 1. The predicted octanol–water partition coefficient (Wildman–Crippen LogP) is 1.000. The summed E-state index contributed by atoms with van der Waals surface area (Å²) in [5.41, 5.74) is -0.603. The van der Waals surface area contributed by atoms with Crippen LogP contribution in [0.25, 0.3) is 0 Å². The highest BCUT2D eigenvalue weighted by atomic mass is 16.4. The van der Waals surface area contributed by atoms with Crippen molar-refractivity contribution < 1.29 is 9.90 Å². The summed E-state index contributed by atoms with van der Waals surface area (Å²) in [6.07, 6.45) is 0. The molecule has 0 aromatic heterocycles. The first-order valence-corrected chi connectivity index (χ1v) is 3.75. The summed E-state index contributed by atoms with van der Waals surface area (Å²) in [5.74, 6) is -1.33. The highest BCUT2D eigenvalue weighted by Gasteiger charge is 2.15. The Hall–Kier alpha value is -2.84. The molecule has 15 heavy (non-hydrogen) atoms. The first-order chi connectivity index (χ1) is 7.13. The maximum atomic E-state index is 10.7. The minimum atomic E-state index is -1.33. The zero-order valence-corrected chi connectivity index (χ0v) is 7.35. The number of carbonyl (C=O) groups is 1. The van der Waals surface area contributed by atoms with Crippen molar-refractivity contribution in [3.63, 3.8) is 0 Å². The van der Waals surface area contributed by atoms with E-state index in [1.807, 2.05) is 0 Å². The maximum absolute atomic E-state index is 10.7. The number of benzene rings is 1. The van der Waals surface area contributed by atoms with Gasteiger partial charge < -0.3 is 5.11 Å². The summed E-state index contributed by atoms with van der Waals surface area (Å²) in [7, 11) is 0. The normalized spacial score (nSPS) is 8.33. The first kappa shape index (κ1) is 10.2. The van der Waals surface area contributed by atoms with Gasteiger partial charge in [0.05, 0.1) is 28.3 Å². The molecule has 0 fully saturated rings. The van der Waals surface area contributed by atoms with E-state index in [0.29, 0.717) is 0 Å². The highest BCUT2D eigenvalue weighted by Crippen LogP contribution is 2.16. The number of carboxylic acid groups (broad SMARTS) is 1. The predicted molar refractivity (Wildman–Crippen MR) is 47.5 cm³/mol. The van der Waals surface area contributed by atoms with E-state index >= 15 is 0 Å². The van der Waals surface area contributed by atoms with Gasteiger partial charge in [-0.05, 0) is 12.1 Å². The minimum absolute atomic E-state index is 0.0444. The van der Waals surface area contributed by atoms with Crippen LogP contribution < -0.4 is 0 Å². The summed E-state index contributed by atoms with van der Waals surface area (Å²) in [4.78, 5) is 10.7. The smallest absolute Gasteiger partial charge is 0.337 e. The second-order valence-corrected chi connectivity index (χ2v) is 2.59. The molecule has 1 aromatic carbocycles. The summed E-state index contributed by atoms with van der Waals surface area (Å²) in [6.45, 7) is 0. The fraction of sp³-hybridized carbons (Fsp3) is 0. The van der Waals surface area contributed by atoms with Gasteiger partial charge >= 0.3 is 5.97 Å². The van der Waals surface area contributed by atoms with Crippen molar-refractivity contribution in [1.29, 1.82) is 15.8 Å². The lowest BCUT2D eigenvalue weighted by Gasteiger charge is -2.00. The van der Waals surface area contributed by atoms with Crippen molar-refractivity contribution in [2.24, 2.45) is 0 Å². The Bertz CT molecular complexity index is 556. The second-order valence-electron chi connectivity index (χ2n) is 2.59. The van der Waals surface area contributed by atoms with E-state index in [4.69, 9.17) is 20.9 Å². The maximum Gasteiger partial charge on any atom is 0.337 e. The van der Waals surface area contributed by atoms with Gasteiger partial charge in [-0.2, -0.15) is 15.8 Å². The Morgan fingerprint density at radius 2 is 1.80 bits per heavy atom. The van der Waals surface area contributed by atoms with Crippen LogP contribution in [-0.4, -0.2) is 11.1 Å². The summed E-state index contributed by atoms with van der Waals surface area (Å²) in [6, 6.07) is 7.30. The van der Waals surface area contributed by atoms with Gasteiger partial charge in [0, 0.05) is 0 Å². The van der Waals surface area contributed by atoms with Crippen molar-refractivity contribution in [3.05, 3.63) is 34.4 Å². The van der Waals surface area contributed by atoms with Crippen LogP contribution in [0.3, 0.4) is 0 Å². The molecule has 5 nitrogen and oxygen atoms in total. The zero-order valence-electron chi connectivity index (χ0n) is 7.35. The summed E-state index contributed by atoms with van der Waals surface area (Å²) < 4.78 is 0. The number of nitriles is 3. The van der Waals surface area contributed by atoms with E-state index in [2.05, 4.69) is 0 Å². The van der Waals surface area contributed by atoms with Crippen molar-refractivity contribution >= 4 is 5.97 Å². The third-order valence-electron chi connectivity index (χ3n) is 1.73. The molecular weight excluding hydrogens is 194 g/mol. The van der Waals surface area contributed by atoms with E-state index in [1.54, 1.807) is 18.2 Å². The molecule has 0 atom stereocenters. The van der Waals surface area contributed by atoms with Crippen LogP contribution in [0.1, 0.15) is 27.0 Å². The molecule has 0 amide bonds. The first-order valence-electron chi connectivity index (χ1n) is 3.75. The summed E-state index contributed by atoms with van der Waals surface area (Å²) >= 11 is 0. The molecule has 0 aliphatic heterocycles. The topological polar surface area (TPSA) is 109 Å². The summed E-state index contributed by atoms with van der Waals surface area (Å²) in [5, 5.41) is 34.7. The van der Waals surface area contributed by atoms with Gasteiger partial charge in [-0.3, -0.25) is 0 Å². The van der Waals surface area contributed by atoms with Crippen LogP contribution in [0.5, 0.6) is 0 Å². The molecule has 0 heterocycles. The van der Waals surface area contributed by atoms with Gasteiger partial charge in [-0.15, -0.1) is 0 Å². The fourth-order valence-corrected chi connectivity index (χ4v) is 1.08. The van der Waals surface area contributed by atoms with Crippen molar-refractivity contribution in [1.82, 2.24) is 0 Å². The number of hydrogen-bond acceptors (Lipinski definition) is 4. The molecule has 0 unspecified atom stereocenters. The molecule has 1 N–H and O–H groups in total. The Morgan fingerprint density at radius 3 is 2.20 bits per heavy atom. The van der Waals surface area contributed by atoms with Crippen LogP contribution >= 0.6 is 0 Å². The number of nitrogens with zero attached hydrogens (tertiary/aromatic N) is 3. The quantitative estimate of drug-likeness (QED) is 0.722. The van der Waals surface area contributed by atoms with Gasteiger partial charge in [0.15, 0.2) is 0 Å². The second kappa shape index (κ2) is 3.91. The highest BCUT2D eigenvalue weighted by molar-refractivity contribution is 5.92. The van der Waals surface area contributed by atoms with Crippen LogP contribution in [0.4, 0.5) is 0 Å². The third kappa shape index (κ3) is 1.75. The SMILES string of the molecule is N#Cc1cc(C#N)c(C#N)c(C(=O)O)c1. The van der Waals surface area contributed by atoms with E-state index in [1.165, 1.54) is 6.07 Å². The molecule has 0 aliphatic rings. The lowest BCUT2D eigenvalue weighted by molar-refractivity contribution is 0.0696. The van der Waals surface area contributed by atoms with Gasteiger partial charge in [0.1, 0.15) is 12.1 Å². The molecule has 0 radical (unpaired) electrons. The monoisotopic (exact) mass is 197 g/mol. The van der Waals surface area contributed by atoms with Crippen LogP contribution in [0, 0.1) is 34.0 Å². The van der Waals surface area contributed by atoms with E-state index in [-0.39, 0.29) is 22.3 Å². The van der Waals surface area contributed by atoms with Crippen molar-refractivity contribution in [2.45, 2.75) is 0 Å². The van der Waals surface area contributed by atoms with Crippen molar-refractivity contribution in [2.75, 3.05) is 0 Å². The Labute approximate surface area is 85.0 Å². The number of carboxylic acids is 1. The van der Waals surface area contributed by atoms with Crippen LogP contribution in [0.15, 0.2) is 12.1 Å². The van der Waals surface area contributed by atoms with E-state index < -0.39 is 5.97 Å². The number of hydrogen-bond donors (Lipinski definition) is 1. The van der Waals surface area contributed by atoms with Crippen molar-refractivity contribution in [3.8, 4) is 18.2 Å². The lowest BCUT2D eigenvalue weighted by atomic mass is 9.99. The molecule has 5 heteroatoms. The molecule has 0 aliphatic carbocycles. The molecule has 70 valence electrons. The molecular formula is C10H3N3O2. The Morgan fingerprint density at radius 1 is 1.13 bits per heavy atom. The van der Waals surface area contributed by atoms with Gasteiger partial charge in [-0.1, -0.05) is 0 Å². The molecule has 0 spiro atoms. The Balaban J connectivity index is 3.66. The molecule has 0 bridgehead atoms. The van der Waals surface area contributed by atoms with E-state index in [0.717, 1.165) is 6.07 Å². The molecule has 0 saturated carbocycles. The van der Waals surface area contributed by atoms with Gasteiger partial charge in [0.25, 0.3) is 0 Å². The number of rotatable bonds is 1. The lowest BCUT2D eigenvalue weighted by Crippen LogP contribution is -2.03. The third-order valence-corrected chi connectivity index (χ3v) is 1.73. The standard InChI is InChI=1S/C10H3N3O2/c11-3-6-1-7(4-12)9(5-13)8(2-6)10(14)15/h1-2H,(H,14,15). The molecule has 0 saturated heterocycles. The van der Waals surface area contributed by atoms with Crippen LogP contribution in [-0.2, 0) is 0 Å². The Kier molecular flexibility index (Phi) is 2.67. The van der Waals surface area contributed by atoms with Gasteiger partial charge in [0.2, 0.25) is 0 Å². The fourth-order valence-electron chi connectivity index (χ4n) is 1.08. The zero-order chi connectivity index (χ0) is 11.4.